The fraction of sp³-hybridized carbons (Fsp3) is 0.190. The zero-order valence-corrected chi connectivity index (χ0v) is 16.2. The maximum Gasteiger partial charge on any atom is 0.231 e. The average molecular weight is 382 g/mol. The molecule has 0 aromatic heterocycles. The molecular formula is C21H22N2O3S. The fourth-order valence-corrected chi connectivity index (χ4v) is 3.45. The molecule has 5 nitrogen and oxygen atoms in total. The van der Waals surface area contributed by atoms with Gasteiger partial charge in [-0.3, -0.25) is 9.10 Å². The lowest BCUT2D eigenvalue weighted by molar-refractivity contribution is -0.116. The number of nitrogens with zero attached hydrogens (tertiary/aromatic N) is 1. The highest BCUT2D eigenvalue weighted by atomic mass is 32.2. The molecule has 1 N–H and O–H groups in total. The number of carbonyl (C=O) groups is 1. The minimum absolute atomic E-state index is 0.109. The summed E-state index contributed by atoms with van der Waals surface area (Å²) in [7, 11) is -1.86. The van der Waals surface area contributed by atoms with Crippen molar-refractivity contribution in [2.24, 2.45) is 0 Å². The van der Waals surface area contributed by atoms with Gasteiger partial charge < -0.3 is 5.32 Å². The fourth-order valence-electron chi connectivity index (χ4n) is 2.95. The van der Waals surface area contributed by atoms with Gasteiger partial charge in [-0.1, -0.05) is 48.5 Å². The number of carbonyl (C=O) groups excluding carboxylic acids is 1. The average Bonchev–Trinajstić information content (AvgIpc) is 2.65. The van der Waals surface area contributed by atoms with Crippen molar-refractivity contribution in [3.05, 3.63) is 72.3 Å². The molecule has 0 spiro atoms. The largest absolute Gasteiger partial charge is 0.326 e. The molecule has 0 radical (unpaired) electrons. The number of hydrogen-bond acceptors (Lipinski definition) is 3. The minimum atomic E-state index is -3.35. The first-order chi connectivity index (χ1) is 12.8. The second kappa shape index (κ2) is 7.80. The Labute approximate surface area is 159 Å². The monoisotopic (exact) mass is 382 g/mol. The van der Waals surface area contributed by atoms with Gasteiger partial charge in [0.2, 0.25) is 15.9 Å². The number of amides is 1. The molecule has 6 heteroatoms. The van der Waals surface area contributed by atoms with Gasteiger partial charge in [0, 0.05) is 19.2 Å². The highest BCUT2D eigenvalue weighted by Gasteiger charge is 2.13. The van der Waals surface area contributed by atoms with Crippen molar-refractivity contribution >= 4 is 38.1 Å². The Morgan fingerprint density at radius 1 is 1.00 bits per heavy atom. The summed E-state index contributed by atoms with van der Waals surface area (Å²) in [6, 6.07) is 21.0. The first-order valence-electron chi connectivity index (χ1n) is 8.65. The highest BCUT2D eigenvalue weighted by molar-refractivity contribution is 7.92. The molecule has 27 heavy (non-hydrogen) atoms. The lowest BCUT2D eigenvalue weighted by Crippen LogP contribution is -2.24. The van der Waals surface area contributed by atoms with Crippen LogP contribution in [0.3, 0.4) is 0 Å². The molecular weight excluding hydrogens is 360 g/mol. The Bertz CT molecular complexity index is 1070. The molecule has 3 aromatic rings. The van der Waals surface area contributed by atoms with Gasteiger partial charge in [0.05, 0.1) is 11.9 Å². The predicted octanol–water partition coefficient (Wildman–Crippen LogP) is 3.81. The van der Waals surface area contributed by atoms with Crippen molar-refractivity contribution in [3.63, 3.8) is 0 Å². The van der Waals surface area contributed by atoms with Crippen LogP contribution in [0.5, 0.6) is 0 Å². The number of fused-ring (bicyclic) bond motifs is 1. The Kier molecular flexibility index (Phi) is 5.46. The molecule has 0 aliphatic carbocycles. The number of sulfonamides is 1. The van der Waals surface area contributed by atoms with E-state index in [9.17, 15) is 13.2 Å². The van der Waals surface area contributed by atoms with Crippen LogP contribution in [0.2, 0.25) is 0 Å². The van der Waals surface area contributed by atoms with E-state index in [-0.39, 0.29) is 5.91 Å². The van der Waals surface area contributed by atoms with Gasteiger partial charge in [0.25, 0.3) is 0 Å². The molecule has 0 saturated heterocycles. The second-order valence-electron chi connectivity index (χ2n) is 6.47. The van der Waals surface area contributed by atoms with Crippen molar-refractivity contribution in [2.75, 3.05) is 22.9 Å². The summed E-state index contributed by atoms with van der Waals surface area (Å²) in [5.74, 6) is -0.109. The molecule has 0 heterocycles. The van der Waals surface area contributed by atoms with E-state index in [0.29, 0.717) is 24.2 Å². The van der Waals surface area contributed by atoms with Crippen LogP contribution in [0.25, 0.3) is 10.8 Å². The van der Waals surface area contributed by atoms with Crippen LogP contribution >= 0.6 is 0 Å². The number of nitrogens with one attached hydrogen (secondary N) is 1. The maximum absolute atomic E-state index is 12.4. The Morgan fingerprint density at radius 3 is 2.48 bits per heavy atom. The van der Waals surface area contributed by atoms with E-state index in [1.165, 1.54) is 11.4 Å². The van der Waals surface area contributed by atoms with Crippen molar-refractivity contribution in [3.8, 4) is 0 Å². The van der Waals surface area contributed by atoms with Gasteiger partial charge in [0.15, 0.2) is 0 Å². The van der Waals surface area contributed by atoms with Crippen molar-refractivity contribution in [1.82, 2.24) is 0 Å². The Hall–Kier alpha value is -2.86. The van der Waals surface area contributed by atoms with Crippen LogP contribution in [0.4, 0.5) is 11.4 Å². The summed E-state index contributed by atoms with van der Waals surface area (Å²) < 4.78 is 24.5. The van der Waals surface area contributed by atoms with Gasteiger partial charge in [-0.15, -0.1) is 0 Å². The van der Waals surface area contributed by atoms with Gasteiger partial charge in [0.1, 0.15) is 0 Å². The van der Waals surface area contributed by atoms with E-state index in [1.807, 2.05) is 24.3 Å². The molecule has 1 amide bonds. The lowest BCUT2D eigenvalue weighted by Gasteiger charge is -2.17. The summed E-state index contributed by atoms with van der Waals surface area (Å²) in [6.07, 6.45) is 2.12. The summed E-state index contributed by atoms with van der Waals surface area (Å²) >= 11 is 0. The first-order valence-corrected chi connectivity index (χ1v) is 10.5. The number of aryl methyl sites for hydroxylation is 1. The smallest absolute Gasteiger partial charge is 0.231 e. The van der Waals surface area contributed by atoms with E-state index in [0.717, 1.165) is 22.6 Å². The van der Waals surface area contributed by atoms with Crippen LogP contribution in [0.15, 0.2) is 66.7 Å². The van der Waals surface area contributed by atoms with Gasteiger partial charge in [-0.2, -0.15) is 0 Å². The Morgan fingerprint density at radius 2 is 1.70 bits per heavy atom. The SMILES string of the molecule is CN(c1cccc(NC(=O)CCc2cccc3ccccc23)c1)S(C)(=O)=O. The lowest BCUT2D eigenvalue weighted by atomic mass is 10.0. The van der Waals surface area contributed by atoms with E-state index < -0.39 is 10.0 Å². The number of benzene rings is 3. The third-order valence-corrected chi connectivity index (χ3v) is 5.70. The maximum atomic E-state index is 12.4. The van der Waals surface area contributed by atoms with Crippen LogP contribution in [0, 0.1) is 0 Å². The normalized spacial score (nSPS) is 11.3. The molecule has 140 valence electrons. The molecule has 3 aromatic carbocycles. The molecule has 0 aliphatic heterocycles. The van der Waals surface area contributed by atoms with Crippen molar-refractivity contribution < 1.29 is 13.2 Å². The van der Waals surface area contributed by atoms with Crippen LogP contribution < -0.4 is 9.62 Å². The number of rotatable bonds is 6. The molecule has 0 bridgehead atoms. The summed E-state index contributed by atoms with van der Waals surface area (Å²) in [4.78, 5) is 12.4. The van der Waals surface area contributed by atoms with Gasteiger partial charge in [-0.25, -0.2) is 8.42 Å². The van der Waals surface area contributed by atoms with E-state index in [4.69, 9.17) is 0 Å². The van der Waals surface area contributed by atoms with Crippen molar-refractivity contribution in [2.45, 2.75) is 12.8 Å². The first kappa shape index (κ1) is 18.9. The molecule has 0 fully saturated rings. The molecule has 3 rings (SSSR count). The zero-order chi connectivity index (χ0) is 19.4. The van der Waals surface area contributed by atoms with Gasteiger partial charge >= 0.3 is 0 Å². The van der Waals surface area contributed by atoms with Gasteiger partial charge in [-0.05, 0) is 41.0 Å². The second-order valence-corrected chi connectivity index (χ2v) is 8.48. The zero-order valence-electron chi connectivity index (χ0n) is 15.3. The molecule has 0 atom stereocenters. The highest BCUT2D eigenvalue weighted by Crippen LogP contribution is 2.22. The van der Waals surface area contributed by atoms with Crippen LogP contribution in [-0.2, 0) is 21.2 Å². The predicted molar refractivity (Wildman–Crippen MR) is 111 cm³/mol. The van der Waals surface area contributed by atoms with E-state index in [1.54, 1.807) is 24.3 Å². The van der Waals surface area contributed by atoms with E-state index in [2.05, 4.69) is 23.5 Å². The molecule has 0 aliphatic rings. The quantitative estimate of drug-likeness (QED) is 0.705. The Balaban J connectivity index is 1.68. The standard InChI is InChI=1S/C21H22N2O3S/c1-23(27(2,25)26)19-11-6-10-18(15-19)22-21(24)14-13-17-9-5-8-16-7-3-4-12-20(16)17/h3-12,15H,13-14H2,1-2H3,(H,22,24). The summed E-state index contributed by atoms with van der Waals surface area (Å²) in [5, 5.41) is 5.16. The van der Waals surface area contributed by atoms with Crippen LogP contribution in [0.1, 0.15) is 12.0 Å². The topological polar surface area (TPSA) is 66.5 Å². The van der Waals surface area contributed by atoms with E-state index >= 15 is 0 Å². The third kappa shape index (κ3) is 4.65. The summed E-state index contributed by atoms with van der Waals surface area (Å²) in [5.41, 5.74) is 2.21. The third-order valence-electron chi connectivity index (χ3n) is 4.49. The summed E-state index contributed by atoms with van der Waals surface area (Å²) in [6.45, 7) is 0. The minimum Gasteiger partial charge on any atom is -0.326 e. The number of hydrogen-bond donors (Lipinski definition) is 1. The van der Waals surface area contributed by atoms with Crippen molar-refractivity contribution in [1.29, 1.82) is 0 Å². The van der Waals surface area contributed by atoms with Crippen LogP contribution in [-0.4, -0.2) is 27.6 Å². The number of anilines is 2. The molecule has 0 unspecified atom stereocenters. The molecule has 0 saturated carbocycles.